The molecule has 1 aromatic carbocycles. The van der Waals surface area contributed by atoms with Crippen molar-refractivity contribution in [1.82, 2.24) is 0 Å². The van der Waals surface area contributed by atoms with Crippen LogP contribution in [0.2, 0.25) is 5.02 Å². The molecular formula is C15H19ClO. The van der Waals surface area contributed by atoms with Gasteiger partial charge in [-0.05, 0) is 61.1 Å². The van der Waals surface area contributed by atoms with E-state index in [1.54, 1.807) is 0 Å². The molecule has 4 atom stereocenters. The quantitative estimate of drug-likeness (QED) is 0.853. The Morgan fingerprint density at radius 2 is 2.18 bits per heavy atom. The minimum Gasteiger partial charge on any atom is -0.388 e. The SMILES string of the molecule is OC(CC1CC2CCC1C2)c1cccc(Cl)c1. The molecule has 2 aliphatic carbocycles. The minimum absolute atomic E-state index is 0.335. The Kier molecular flexibility index (Phi) is 3.14. The molecule has 0 spiro atoms. The van der Waals surface area contributed by atoms with Crippen LogP contribution >= 0.6 is 11.6 Å². The molecule has 2 heteroatoms. The van der Waals surface area contributed by atoms with Crippen LogP contribution < -0.4 is 0 Å². The number of benzene rings is 1. The van der Waals surface area contributed by atoms with Gasteiger partial charge in [0.05, 0.1) is 6.10 Å². The van der Waals surface area contributed by atoms with E-state index >= 15 is 0 Å². The van der Waals surface area contributed by atoms with Crippen LogP contribution in [0.5, 0.6) is 0 Å². The van der Waals surface area contributed by atoms with Gasteiger partial charge in [0, 0.05) is 5.02 Å². The van der Waals surface area contributed by atoms with Gasteiger partial charge in [-0.25, -0.2) is 0 Å². The van der Waals surface area contributed by atoms with Gasteiger partial charge in [0.2, 0.25) is 0 Å². The Balaban J connectivity index is 1.65. The van der Waals surface area contributed by atoms with Crippen LogP contribution in [0.3, 0.4) is 0 Å². The maximum atomic E-state index is 10.3. The highest BCUT2D eigenvalue weighted by atomic mass is 35.5. The predicted molar refractivity (Wildman–Crippen MR) is 70.0 cm³/mol. The summed E-state index contributed by atoms with van der Waals surface area (Å²) < 4.78 is 0. The molecule has 0 radical (unpaired) electrons. The van der Waals surface area contributed by atoms with Gasteiger partial charge in [-0.3, -0.25) is 0 Å². The molecule has 2 bridgehead atoms. The zero-order valence-corrected chi connectivity index (χ0v) is 10.7. The van der Waals surface area contributed by atoms with E-state index in [1.807, 2.05) is 24.3 Å². The maximum absolute atomic E-state index is 10.3. The van der Waals surface area contributed by atoms with Gasteiger partial charge >= 0.3 is 0 Å². The van der Waals surface area contributed by atoms with Gasteiger partial charge in [-0.2, -0.15) is 0 Å². The molecule has 0 amide bonds. The van der Waals surface area contributed by atoms with Crippen molar-refractivity contribution in [3.63, 3.8) is 0 Å². The fourth-order valence-electron chi connectivity index (χ4n) is 3.80. The number of halogens is 1. The summed E-state index contributed by atoms with van der Waals surface area (Å²) in [5.74, 6) is 2.58. The van der Waals surface area contributed by atoms with E-state index in [1.165, 1.54) is 25.7 Å². The lowest BCUT2D eigenvalue weighted by Crippen LogP contribution is -2.14. The summed E-state index contributed by atoms with van der Waals surface area (Å²) in [6.07, 6.45) is 6.14. The van der Waals surface area contributed by atoms with Gasteiger partial charge in [-0.1, -0.05) is 30.2 Å². The molecule has 1 N–H and O–H groups in total. The van der Waals surface area contributed by atoms with Crippen molar-refractivity contribution < 1.29 is 5.11 Å². The number of rotatable bonds is 3. The highest BCUT2D eigenvalue weighted by Crippen LogP contribution is 2.50. The Labute approximate surface area is 108 Å². The van der Waals surface area contributed by atoms with Gasteiger partial charge in [0.25, 0.3) is 0 Å². The summed E-state index contributed by atoms with van der Waals surface area (Å²) >= 11 is 5.96. The highest BCUT2D eigenvalue weighted by Gasteiger charge is 2.40. The molecule has 92 valence electrons. The Hall–Kier alpha value is -0.530. The normalized spacial score (nSPS) is 32.9. The van der Waals surface area contributed by atoms with Crippen molar-refractivity contribution in [2.75, 3.05) is 0 Å². The predicted octanol–water partition coefficient (Wildman–Crippen LogP) is 4.20. The van der Waals surface area contributed by atoms with Crippen molar-refractivity contribution >= 4 is 11.6 Å². The molecule has 0 aromatic heterocycles. The number of aliphatic hydroxyl groups is 1. The van der Waals surface area contributed by atoms with Crippen molar-refractivity contribution in [2.45, 2.75) is 38.2 Å². The summed E-state index contributed by atoms with van der Waals surface area (Å²) in [4.78, 5) is 0. The van der Waals surface area contributed by atoms with Gasteiger partial charge in [-0.15, -0.1) is 0 Å². The van der Waals surface area contributed by atoms with Gasteiger partial charge < -0.3 is 5.11 Å². The number of hydrogen-bond donors (Lipinski definition) is 1. The average molecular weight is 251 g/mol. The van der Waals surface area contributed by atoms with E-state index in [0.717, 1.165) is 34.8 Å². The fourth-order valence-corrected chi connectivity index (χ4v) is 4.00. The number of aliphatic hydroxyl groups excluding tert-OH is 1. The summed E-state index contributed by atoms with van der Waals surface area (Å²) in [5.41, 5.74) is 0.972. The monoisotopic (exact) mass is 250 g/mol. The van der Waals surface area contributed by atoms with Crippen LogP contribution in [0.15, 0.2) is 24.3 Å². The van der Waals surface area contributed by atoms with Crippen LogP contribution in [0, 0.1) is 17.8 Å². The molecule has 3 rings (SSSR count). The number of hydrogen-bond acceptors (Lipinski definition) is 1. The third kappa shape index (κ3) is 2.36. The molecule has 4 unspecified atom stereocenters. The summed E-state index contributed by atoms with van der Waals surface area (Å²) in [7, 11) is 0. The van der Waals surface area contributed by atoms with E-state index < -0.39 is 0 Å². The Bertz CT molecular complexity index is 404. The highest BCUT2D eigenvalue weighted by molar-refractivity contribution is 6.30. The molecule has 17 heavy (non-hydrogen) atoms. The topological polar surface area (TPSA) is 20.2 Å². The summed E-state index contributed by atoms with van der Waals surface area (Å²) in [6, 6.07) is 7.64. The third-order valence-corrected chi connectivity index (χ3v) is 4.88. The zero-order chi connectivity index (χ0) is 11.8. The lowest BCUT2D eigenvalue weighted by Gasteiger charge is -2.24. The molecule has 1 nitrogen and oxygen atoms in total. The zero-order valence-electron chi connectivity index (χ0n) is 9.98. The van der Waals surface area contributed by atoms with Crippen LogP contribution in [0.4, 0.5) is 0 Å². The standard InChI is InChI=1S/C15H19ClO/c16-14-3-1-2-12(8-14)15(17)9-13-7-10-4-5-11(13)6-10/h1-3,8,10-11,13,15,17H,4-7,9H2. The first-order valence-corrected chi connectivity index (χ1v) is 7.03. The molecule has 2 fully saturated rings. The van der Waals surface area contributed by atoms with Crippen LogP contribution in [0.1, 0.15) is 43.8 Å². The molecule has 2 saturated carbocycles. The van der Waals surface area contributed by atoms with Gasteiger partial charge in [0.1, 0.15) is 0 Å². The lowest BCUT2D eigenvalue weighted by molar-refractivity contribution is 0.125. The third-order valence-electron chi connectivity index (χ3n) is 4.64. The Morgan fingerprint density at radius 3 is 2.82 bits per heavy atom. The first kappa shape index (κ1) is 11.6. The first-order chi connectivity index (χ1) is 8.22. The average Bonchev–Trinajstić information content (AvgIpc) is 2.91. The van der Waals surface area contributed by atoms with Crippen molar-refractivity contribution in [3.8, 4) is 0 Å². The molecule has 0 aliphatic heterocycles. The fraction of sp³-hybridized carbons (Fsp3) is 0.600. The second-order valence-corrected chi connectivity index (χ2v) is 6.18. The molecule has 0 saturated heterocycles. The molecule has 0 heterocycles. The summed E-state index contributed by atoms with van der Waals surface area (Å²) in [5, 5.41) is 11.0. The van der Waals surface area contributed by atoms with Crippen LogP contribution in [-0.2, 0) is 0 Å². The summed E-state index contributed by atoms with van der Waals surface area (Å²) in [6.45, 7) is 0. The number of fused-ring (bicyclic) bond motifs is 2. The lowest BCUT2D eigenvalue weighted by atomic mass is 9.83. The largest absolute Gasteiger partial charge is 0.388 e. The van der Waals surface area contributed by atoms with Crippen molar-refractivity contribution in [1.29, 1.82) is 0 Å². The maximum Gasteiger partial charge on any atom is 0.0793 e. The second kappa shape index (κ2) is 4.62. The van der Waals surface area contributed by atoms with E-state index in [-0.39, 0.29) is 6.10 Å². The Morgan fingerprint density at radius 1 is 1.29 bits per heavy atom. The molecule has 1 aromatic rings. The van der Waals surface area contributed by atoms with Crippen molar-refractivity contribution in [3.05, 3.63) is 34.9 Å². The van der Waals surface area contributed by atoms with Gasteiger partial charge in [0.15, 0.2) is 0 Å². The molecule has 2 aliphatic rings. The van der Waals surface area contributed by atoms with Crippen LogP contribution in [0.25, 0.3) is 0 Å². The second-order valence-electron chi connectivity index (χ2n) is 5.74. The van der Waals surface area contributed by atoms with E-state index in [2.05, 4.69) is 0 Å². The van der Waals surface area contributed by atoms with Crippen LogP contribution in [-0.4, -0.2) is 5.11 Å². The van der Waals surface area contributed by atoms with E-state index in [4.69, 9.17) is 11.6 Å². The van der Waals surface area contributed by atoms with E-state index in [9.17, 15) is 5.11 Å². The van der Waals surface area contributed by atoms with Crippen molar-refractivity contribution in [2.24, 2.45) is 17.8 Å². The van der Waals surface area contributed by atoms with E-state index in [0.29, 0.717) is 0 Å². The molecular weight excluding hydrogens is 232 g/mol. The first-order valence-electron chi connectivity index (χ1n) is 6.66. The minimum atomic E-state index is -0.335. The smallest absolute Gasteiger partial charge is 0.0793 e.